The van der Waals surface area contributed by atoms with Crippen molar-refractivity contribution < 1.29 is 17.9 Å². The Hall–Kier alpha value is -4.44. The van der Waals surface area contributed by atoms with Gasteiger partial charge in [-0.2, -0.15) is 0 Å². The monoisotopic (exact) mass is 651 g/mol. The first kappa shape index (κ1) is 32.9. The van der Waals surface area contributed by atoms with Crippen LogP contribution in [0.5, 0.6) is 5.75 Å². The highest BCUT2D eigenvalue weighted by molar-refractivity contribution is 7.99. The van der Waals surface area contributed by atoms with Crippen LogP contribution in [0.3, 0.4) is 0 Å². The van der Waals surface area contributed by atoms with Gasteiger partial charge < -0.3 is 4.74 Å². The van der Waals surface area contributed by atoms with Gasteiger partial charge in [0.05, 0.1) is 12.0 Å². The highest BCUT2D eigenvalue weighted by Gasteiger charge is 2.19. The lowest BCUT2D eigenvalue weighted by Crippen LogP contribution is -2.30. The standard InChI is InChI=1S/C37H37N3O4S2/c1-44-34-10-7-8-31(26-34)28-40(24-25-45-35-11-3-2-4-12-35)27-30-16-21-36(22-17-30)46(42,43)39-37(41)32-18-13-29(14-19-32)15-20-33-9-5-6-23-38-33/h2-14,16-19,21-23,26H,15,20,24-25,27-28H2,1H3,(H,39,41). The van der Waals surface area contributed by atoms with Gasteiger partial charge in [0.15, 0.2) is 0 Å². The molecule has 0 spiro atoms. The average molecular weight is 652 g/mol. The Morgan fingerprint density at radius 2 is 1.50 bits per heavy atom. The first-order valence-electron chi connectivity index (χ1n) is 15.1. The molecule has 0 fully saturated rings. The van der Waals surface area contributed by atoms with E-state index in [-0.39, 0.29) is 10.5 Å². The largest absolute Gasteiger partial charge is 0.497 e. The minimum absolute atomic E-state index is 0.0376. The number of sulfonamides is 1. The van der Waals surface area contributed by atoms with E-state index < -0.39 is 15.9 Å². The molecular formula is C37H37N3O4S2. The zero-order valence-corrected chi connectivity index (χ0v) is 27.3. The number of benzene rings is 4. The number of thioether (sulfide) groups is 1. The number of aryl methyl sites for hydroxylation is 2. The van der Waals surface area contributed by atoms with Crippen LogP contribution in [-0.4, -0.2) is 43.6 Å². The molecule has 4 aromatic carbocycles. The molecule has 236 valence electrons. The molecule has 0 bridgehead atoms. The number of ether oxygens (including phenoxy) is 1. The maximum Gasteiger partial charge on any atom is 0.264 e. The van der Waals surface area contributed by atoms with E-state index in [9.17, 15) is 13.2 Å². The molecule has 0 radical (unpaired) electrons. The molecule has 0 aliphatic rings. The third kappa shape index (κ3) is 9.78. The van der Waals surface area contributed by atoms with Crippen LogP contribution < -0.4 is 9.46 Å². The summed E-state index contributed by atoms with van der Waals surface area (Å²) in [5.74, 6) is 1.04. The molecule has 46 heavy (non-hydrogen) atoms. The third-order valence-corrected chi connectivity index (χ3v) is 9.78. The van der Waals surface area contributed by atoms with Crippen molar-refractivity contribution in [2.75, 3.05) is 19.4 Å². The highest BCUT2D eigenvalue weighted by Crippen LogP contribution is 2.21. The predicted octanol–water partition coefficient (Wildman–Crippen LogP) is 6.79. The molecule has 1 aromatic heterocycles. The van der Waals surface area contributed by atoms with Crippen molar-refractivity contribution in [3.05, 3.63) is 155 Å². The second kappa shape index (κ2) is 16.2. The maximum absolute atomic E-state index is 13.1. The van der Waals surface area contributed by atoms with Crippen molar-refractivity contribution >= 4 is 27.7 Å². The van der Waals surface area contributed by atoms with Crippen LogP contribution in [0.1, 0.15) is 32.7 Å². The number of amides is 1. The number of carbonyl (C=O) groups is 1. The van der Waals surface area contributed by atoms with Crippen molar-refractivity contribution in [1.29, 1.82) is 0 Å². The van der Waals surface area contributed by atoms with Crippen molar-refractivity contribution in [1.82, 2.24) is 14.6 Å². The molecule has 5 aromatic rings. The Kier molecular flexibility index (Phi) is 11.6. The molecule has 1 amide bonds. The van der Waals surface area contributed by atoms with E-state index in [1.165, 1.54) is 4.90 Å². The summed E-state index contributed by atoms with van der Waals surface area (Å²) in [7, 11) is -2.39. The lowest BCUT2D eigenvalue weighted by atomic mass is 10.1. The van der Waals surface area contributed by atoms with E-state index in [2.05, 4.69) is 32.8 Å². The van der Waals surface area contributed by atoms with Crippen molar-refractivity contribution in [3.63, 3.8) is 0 Å². The normalized spacial score (nSPS) is 11.3. The van der Waals surface area contributed by atoms with E-state index >= 15 is 0 Å². The van der Waals surface area contributed by atoms with Gasteiger partial charge >= 0.3 is 0 Å². The van der Waals surface area contributed by atoms with E-state index in [0.717, 1.165) is 53.3 Å². The highest BCUT2D eigenvalue weighted by atomic mass is 32.2. The number of pyridine rings is 1. The molecule has 7 nitrogen and oxygen atoms in total. The zero-order valence-electron chi connectivity index (χ0n) is 25.7. The molecule has 9 heteroatoms. The van der Waals surface area contributed by atoms with Crippen LogP contribution in [0.25, 0.3) is 0 Å². The smallest absolute Gasteiger partial charge is 0.264 e. The summed E-state index contributed by atoms with van der Waals surface area (Å²) < 4.78 is 33.8. The number of carbonyl (C=O) groups excluding carboxylic acids is 1. The van der Waals surface area contributed by atoms with E-state index in [0.29, 0.717) is 13.1 Å². The molecule has 0 saturated carbocycles. The van der Waals surface area contributed by atoms with Gasteiger partial charge in [-0.05, 0) is 90.2 Å². The number of methoxy groups -OCH3 is 1. The molecule has 5 rings (SSSR count). The Labute approximate surface area is 275 Å². The van der Waals surface area contributed by atoms with E-state index in [1.54, 1.807) is 61.5 Å². The quantitative estimate of drug-likeness (QED) is 0.125. The van der Waals surface area contributed by atoms with Crippen LogP contribution in [0, 0.1) is 0 Å². The lowest BCUT2D eigenvalue weighted by molar-refractivity contribution is 0.0981. The summed E-state index contributed by atoms with van der Waals surface area (Å²) in [5, 5.41) is 0. The Bertz CT molecular complexity index is 1800. The molecule has 0 saturated heterocycles. The molecule has 0 unspecified atom stereocenters. The number of hydrogen-bond donors (Lipinski definition) is 1. The summed E-state index contributed by atoms with van der Waals surface area (Å²) in [6.07, 6.45) is 3.32. The molecule has 0 aliphatic carbocycles. The van der Waals surface area contributed by atoms with Gasteiger partial charge in [0, 0.05) is 47.7 Å². The summed E-state index contributed by atoms with van der Waals surface area (Å²) in [6, 6.07) is 37.8. The molecule has 0 aliphatic heterocycles. The van der Waals surface area contributed by atoms with Gasteiger partial charge in [-0.15, -0.1) is 11.8 Å². The number of aromatic nitrogens is 1. The maximum atomic E-state index is 13.1. The molecule has 1 heterocycles. The lowest BCUT2D eigenvalue weighted by Gasteiger charge is -2.23. The minimum atomic E-state index is -4.05. The van der Waals surface area contributed by atoms with Gasteiger partial charge in [-0.3, -0.25) is 14.7 Å². The average Bonchev–Trinajstić information content (AvgIpc) is 3.08. The van der Waals surface area contributed by atoms with E-state index in [1.807, 2.05) is 66.7 Å². The summed E-state index contributed by atoms with van der Waals surface area (Å²) in [6.45, 7) is 2.17. The second-order valence-electron chi connectivity index (χ2n) is 10.8. The Morgan fingerprint density at radius 1 is 0.783 bits per heavy atom. The summed E-state index contributed by atoms with van der Waals surface area (Å²) >= 11 is 1.80. The van der Waals surface area contributed by atoms with Crippen molar-refractivity contribution in [2.24, 2.45) is 0 Å². The van der Waals surface area contributed by atoms with Crippen LogP contribution >= 0.6 is 11.8 Å². The van der Waals surface area contributed by atoms with Gasteiger partial charge in [-0.1, -0.05) is 60.7 Å². The fraction of sp³-hybridized carbons (Fsp3) is 0.189. The zero-order chi connectivity index (χ0) is 32.2. The van der Waals surface area contributed by atoms with Gasteiger partial charge in [0.25, 0.3) is 15.9 Å². The fourth-order valence-electron chi connectivity index (χ4n) is 4.97. The van der Waals surface area contributed by atoms with Crippen LogP contribution in [0.4, 0.5) is 0 Å². The van der Waals surface area contributed by atoms with Crippen LogP contribution in [-0.2, 0) is 36.0 Å². The van der Waals surface area contributed by atoms with E-state index in [4.69, 9.17) is 4.74 Å². The Balaban J connectivity index is 1.20. The Morgan fingerprint density at radius 3 is 2.22 bits per heavy atom. The summed E-state index contributed by atoms with van der Waals surface area (Å²) in [5.41, 5.74) is 4.42. The number of hydrogen-bond acceptors (Lipinski definition) is 7. The summed E-state index contributed by atoms with van der Waals surface area (Å²) in [4.78, 5) is 20.8. The topological polar surface area (TPSA) is 88.6 Å². The SMILES string of the molecule is COc1cccc(CN(CCSc2ccccc2)Cc2ccc(S(=O)(=O)NC(=O)c3ccc(CCc4ccccn4)cc3)cc2)c1. The third-order valence-electron chi connectivity index (χ3n) is 7.44. The van der Waals surface area contributed by atoms with Crippen molar-refractivity contribution in [2.45, 2.75) is 35.7 Å². The number of rotatable bonds is 15. The molecular weight excluding hydrogens is 615 g/mol. The van der Waals surface area contributed by atoms with Gasteiger partial charge in [0.1, 0.15) is 5.75 Å². The van der Waals surface area contributed by atoms with Crippen LogP contribution in [0.2, 0.25) is 0 Å². The molecule has 1 N–H and O–H groups in total. The number of nitrogens with zero attached hydrogens (tertiary/aromatic N) is 2. The van der Waals surface area contributed by atoms with Gasteiger partial charge in [-0.25, -0.2) is 13.1 Å². The minimum Gasteiger partial charge on any atom is -0.497 e. The first-order chi connectivity index (χ1) is 22.4. The number of nitrogens with one attached hydrogen (secondary N) is 1. The first-order valence-corrected chi connectivity index (χ1v) is 17.5. The molecule has 0 atom stereocenters. The predicted molar refractivity (Wildman–Crippen MR) is 183 cm³/mol. The van der Waals surface area contributed by atoms with Gasteiger partial charge in [0.2, 0.25) is 0 Å². The van der Waals surface area contributed by atoms with Crippen molar-refractivity contribution in [3.8, 4) is 5.75 Å². The van der Waals surface area contributed by atoms with Crippen LogP contribution in [0.15, 0.2) is 137 Å². The fourth-order valence-corrected chi connectivity index (χ4v) is 6.87. The second-order valence-corrected chi connectivity index (χ2v) is 13.7.